The minimum atomic E-state index is -0.0512. The molecule has 1 N–H and O–H groups in total. The highest BCUT2D eigenvalue weighted by atomic mass is 32.2. The molecule has 112 valence electrons. The summed E-state index contributed by atoms with van der Waals surface area (Å²) in [6.45, 7) is 10.6. The fraction of sp³-hybridized carbons (Fsp3) is 1.00. The number of hydrogen-bond acceptors (Lipinski definition) is 3. The molecule has 2 rings (SSSR count). The quantitative estimate of drug-likeness (QED) is 0.858. The number of aliphatic hydroxyl groups is 1. The highest BCUT2D eigenvalue weighted by Crippen LogP contribution is 2.35. The first-order valence-corrected chi connectivity index (χ1v) is 9.17. The van der Waals surface area contributed by atoms with Gasteiger partial charge in [-0.2, -0.15) is 11.8 Å². The molecule has 1 aliphatic carbocycles. The SMILES string of the molecule is CCC1CN(CC2CC(C(C)C)CCC2O)CCS1. The molecule has 4 unspecified atom stereocenters. The minimum absolute atomic E-state index is 0.0512. The van der Waals surface area contributed by atoms with Crippen molar-refractivity contribution in [3.05, 3.63) is 0 Å². The van der Waals surface area contributed by atoms with Crippen LogP contribution < -0.4 is 0 Å². The Balaban J connectivity index is 1.85. The normalized spacial score (nSPS) is 37.7. The predicted molar refractivity (Wildman–Crippen MR) is 84.7 cm³/mol. The van der Waals surface area contributed by atoms with E-state index in [4.69, 9.17) is 0 Å². The number of aliphatic hydroxyl groups excluding tert-OH is 1. The molecule has 3 heteroatoms. The standard InChI is InChI=1S/C16H31NOS/c1-4-15-11-17(7-8-19-15)10-14-9-13(12(2)3)5-6-16(14)18/h12-16,18H,4-11H2,1-3H3. The van der Waals surface area contributed by atoms with Gasteiger partial charge in [0, 0.05) is 30.6 Å². The zero-order valence-corrected chi connectivity index (χ0v) is 13.7. The van der Waals surface area contributed by atoms with Crippen molar-refractivity contribution in [2.24, 2.45) is 17.8 Å². The molecule has 0 amide bonds. The van der Waals surface area contributed by atoms with Crippen molar-refractivity contribution in [2.75, 3.05) is 25.4 Å². The maximum absolute atomic E-state index is 10.3. The van der Waals surface area contributed by atoms with Crippen LogP contribution in [-0.2, 0) is 0 Å². The molecule has 1 saturated carbocycles. The Hall–Kier alpha value is 0.270. The van der Waals surface area contributed by atoms with Crippen LogP contribution in [0.4, 0.5) is 0 Å². The van der Waals surface area contributed by atoms with Gasteiger partial charge in [0.25, 0.3) is 0 Å². The Bertz CT molecular complexity index is 271. The highest BCUT2D eigenvalue weighted by molar-refractivity contribution is 8.00. The molecule has 2 aliphatic rings. The molecule has 1 heterocycles. The lowest BCUT2D eigenvalue weighted by Crippen LogP contribution is -2.44. The van der Waals surface area contributed by atoms with Crippen molar-refractivity contribution in [2.45, 2.75) is 57.8 Å². The van der Waals surface area contributed by atoms with Crippen LogP contribution in [0.25, 0.3) is 0 Å². The molecule has 0 aromatic rings. The molecule has 0 radical (unpaired) electrons. The topological polar surface area (TPSA) is 23.5 Å². The average Bonchev–Trinajstić information content (AvgIpc) is 2.41. The maximum Gasteiger partial charge on any atom is 0.0580 e. The van der Waals surface area contributed by atoms with Crippen LogP contribution in [-0.4, -0.2) is 46.7 Å². The average molecular weight is 285 g/mol. The summed E-state index contributed by atoms with van der Waals surface area (Å²) < 4.78 is 0. The Morgan fingerprint density at radius 3 is 2.79 bits per heavy atom. The molecule has 1 aliphatic heterocycles. The van der Waals surface area contributed by atoms with E-state index in [0.717, 1.165) is 30.1 Å². The second kappa shape index (κ2) is 7.33. The maximum atomic E-state index is 10.3. The molecule has 0 spiro atoms. The van der Waals surface area contributed by atoms with Gasteiger partial charge in [0.2, 0.25) is 0 Å². The molecule has 0 aromatic carbocycles. The summed E-state index contributed by atoms with van der Waals surface area (Å²) in [6, 6.07) is 0. The zero-order chi connectivity index (χ0) is 13.8. The molecule has 0 aromatic heterocycles. The summed E-state index contributed by atoms with van der Waals surface area (Å²) in [4.78, 5) is 2.61. The van der Waals surface area contributed by atoms with E-state index < -0.39 is 0 Å². The van der Waals surface area contributed by atoms with Gasteiger partial charge in [0.05, 0.1) is 6.10 Å². The number of nitrogens with zero attached hydrogens (tertiary/aromatic N) is 1. The van der Waals surface area contributed by atoms with Gasteiger partial charge in [-0.25, -0.2) is 0 Å². The van der Waals surface area contributed by atoms with E-state index in [-0.39, 0.29) is 6.10 Å². The van der Waals surface area contributed by atoms with E-state index >= 15 is 0 Å². The molecule has 2 fully saturated rings. The second-order valence-electron chi connectivity index (χ2n) is 6.81. The van der Waals surface area contributed by atoms with Gasteiger partial charge in [0.1, 0.15) is 0 Å². The number of thioether (sulfide) groups is 1. The van der Waals surface area contributed by atoms with E-state index in [1.54, 1.807) is 0 Å². The van der Waals surface area contributed by atoms with E-state index in [2.05, 4.69) is 37.4 Å². The van der Waals surface area contributed by atoms with Gasteiger partial charge in [-0.05, 0) is 43.4 Å². The van der Waals surface area contributed by atoms with Gasteiger partial charge in [0.15, 0.2) is 0 Å². The van der Waals surface area contributed by atoms with Gasteiger partial charge in [-0.15, -0.1) is 0 Å². The third-order valence-corrected chi connectivity index (χ3v) is 6.47. The Morgan fingerprint density at radius 1 is 1.32 bits per heavy atom. The molecule has 0 bridgehead atoms. The molecule has 4 atom stereocenters. The van der Waals surface area contributed by atoms with Crippen molar-refractivity contribution < 1.29 is 5.11 Å². The Labute approximate surface area is 123 Å². The van der Waals surface area contributed by atoms with E-state index in [1.165, 1.54) is 38.1 Å². The van der Waals surface area contributed by atoms with Crippen molar-refractivity contribution in [3.8, 4) is 0 Å². The predicted octanol–water partition coefficient (Wildman–Crippen LogP) is 3.25. The van der Waals surface area contributed by atoms with Crippen LogP contribution in [0.5, 0.6) is 0 Å². The van der Waals surface area contributed by atoms with E-state index in [0.29, 0.717) is 5.92 Å². The van der Waals surface area contributed by atoms with Gasteiger partial charge < -0.3 is 10.0 Å². The summed E-state index contributed by atoms with van der Waals surface area (Å²) in [5, 5.41) is 11.1. The molecule has 2 nitrogen and oxygen atoms in total. The van der Waals surface area contributed by atoms with E-state index in [9.17, 15) is 5.11 Å². The van der Waals surface area contributed by atoms with Crippen molar-refractivity contribution in [3.63, 3.8) is 0 Å². The van der Waals surface area contributed by atoms with Crippen LogP contribution in [0.2, 0.25) is 0 Å². The Morgan fingerprint density at radius 2 is 2.11 bits per heavy atom. The third kappa shape index (κ3) is 4.37. The lowest BCUT2D eigenvalue weighted by molar-refractivity contribution is 0.0190. The molecule has 19 heavy (non-hydrogen) atoms. The lowest BCUT2D eigenvalue weighted by atomic mass is 9.74. The minimum Gasteiger partial charge on any atom is -0.393 e. The molecule has 1 saturated heterocycles. The van der Waals surface area contributed by atoms with Crippen molar-refractivity contribution in [1.82, 2.24) is 4.90 Å². The highest BCUT2D eigenvalue weighted by Gasteiger charge is 2.32. The smallest absolute Gasteiger partial charge is 0.0580 e. The van der Waals surface area contributed by atoms with Gasteiger partial charge in [-0.3, -0.25) is 0 Å². The zero-order valence-electron chi connectivity index (χ0n) is 12.8. The Kier molecular flexibility index (Phi) is 6.04. The first-order chi connectivity index (χ1) is 9.10. The van der Waals surface area contributed by atoms with E-state index in [1.807, 2.05) is 0 Å². The number of rotatable bonds is 4. The summed E-state index contributed by atoms with van der Waals surface area (Å²) in [6.07, 6.45) is 4.71. The first kappa shape index (κ1) is 15.7. The fourth-order valence-electron chi connectivity index (χ4n) is 3.61. The van der Waals surface area contributed by atoms with Crippen LogP contribution in [0.1, 0.15) is 46.5 Å². The summed E-state index contributed by atoms with van der Waals surface area (Å²) in [5.41, 5.74) is 0. The first-order valence-electron chi connectivity index (χ1n) is 8.12. The second-order valence-corrected chi connectivity index (χ2v) is 8.21. The van der Waals surface area contributed by atoms with Crippen LogP contribution >= 0.6 is 11.8 Å². The molecular weight excluding hydrogens is 254 g/mol. The lowest BCUT2D eigenvalue weighted by Gasteiger charge is -2.40. The number of hydrogen-bond donors (Lipinski definition) is 1. The summed E-state index contributed by atoms with van der Waals surface area (Å²) in [5.74, 6) is 3.39. The monoisotopic (exact) mass is 285 g/mol. The van der Waals surface area contributed by atoms with Gasteiger partial charge in [-0.1, -0.05) is 20.8 Å². The third-order valence-electron chi connectivity index (χ3n) is 5.10. The van der Waals surface area contributed by atoms with Crippen LogP contribution in [0.3, 0.4) is 0 Å². The largest absolute Gasteiger partial charge is 0.393 e. The fourth-order valence-corrected chi connectivity index (χ4v) is 4.86. The van der Waals surface area contributed by atoms with Crippen molar-refractivity contribution in [1.29, 1.82) is 0 Å². The van der Waals surface area contributed by atoms with Gasteiger partial charge >= 0.3 is 0 Å². The van der Waals surface area contributed by atoms with Crippen molar-refractivity contribution >= 4 is 11.8 Å². The van der Waals surface area contributed by atoms with Crippen LogP contribution in [0.15, 0.2) is 0 Å². The molecular formula is C16H31NOS. The van der Waals surface area contributed by atoms with Crippen LogP contribution in [0, 0.1) is 17.8 Å². The summed E-state index contributed by atoms with van der Waals surface area (Å²) in [7, 11) is 0. The summed E-state index contributed by atoms with van der Waals surface area (Å²) >= 11 is 2.13.